The summed E-state index contributed by atoms with van der Waals surface area (Å²) < 4.78 is 82.9. The van der Waals surface area contributed by atoms with Gasteiger partial charge in [0.25, 0.3) is 0 Å². The van der Waals surface area contributed by atoms with Crippen molar-refractivity contribution in [1.29, 1.82) is 0 Å². The number of halogens is 6. The molecule has 0 amide bonds. The van der Waals surface area contributed by atoms with Crippen molar-refractivity contribution in [1.82, 2.24) is 0 Å². The number of hydrogen-bond donors (Lipinski definition) is 0. The summed E-state index contributed by atoms with van der Waals surface area (Å²) in [7, 11) is 0. The summed E-state index contributed by atoms with van der Waals surface area (Å²) >= 11 is 0. The van der Waals surface area contributed by atoms with Crippen molar-refractivity contribution in [3.8, 4) is 0 Å². The van der Waals surface area contributed by atoms with Gasteiger partial charge in [-0.2, -0.15) is 26.3 Å². The zero-order chi connectivity index (χ0) is 15.3. The van der Waals surface area contributed by atoms with E-state index in [1.165, 1.54) is 0 Å². The Kier molecular flexibility index (Phi) is 3.60. The third-order valence-electron chi connectivity index (χ3n) is 2.36. The molecule has 0 aromatic heterocycles. The van der Waals surface area contributed by atoms with E-state index in [-0.39, 0.29) is 6.42 Å². The molecule has 1 fully saturated rings. The SMILES string of the molecule is CC(C)(C)CC1OC(C(F)(F)F)(C(F)(F)F)OC1=O. The Bertz CT molecular complexity index is 351. The summed E-state index contributed by atoms with van der Waals surface area (Å²) in [6.07, 6.45) is -14.0. The molecule has 1 rings (SSSR count). The van der Waals surface area contributed by atoms with Crippen LogP contribution in [-0.4, -0.2) is 30.2 Å². The van der Waals surface area contributed by atoms with Crippen LogP contribution in [0.5, 0.6) is 0 Å². The van der Waals surface area contributed by atoms with Crippen LogP contribution < -0.4 is 0 Å². The minimum absolute atomic E-state index is 0.320. The zero-order valence-electron chi connectivity index (χ0n) is 10.3. The molecule has 0 aliphatic carbocycles. The highest BCUT2D eigenvalue weighted by molar-refractivity contribution is 5.77. The first-order valence-corrected chi connectivity index (χ1v) is 5.24. The summed E-state index contributed by atoms with van der Waals surface area (Å²) in [6, 6.07) is 0. The van der Waals surface area contributed by atoms with Crippen LogP contribution in [-0.2, 0) is 14.3 Å². The highest BCUT2D eigenvalue weighted by Crippen LogP contribution is 2.51. The minimum Gasteiger partial charge on any atom is -0.414 e. The van der Waals surface area contributed by atoms with Gasteiger partial charge in [0, 0.05) is 0 Å². The minimum atomic E-state index is -5.90. The molecule has 1 aliphatic heterocycles. The van der Waals surface area contributed by atoms with E-state index in [0.717, 1.165) is 0 Å². The van der Waals surface area contributed by atoms with Crippen molar-refractivity contribution in [2.75, 3.05) is 0 Å². The fourth-order valence-electron chi connectivity index (χ4n) is 1.57. The lowest BCUT2D eigenvalue weighted by Crippen LogP contribution is -2.58. The predicted molar refractivity (Wildman–Crippen MR) is 49.9 cm³/mol. The molecule has 0 aromatic rings. The lowest BCUT2D eigenvalue weighted by molar-refractivity contribution is -0.439. The largest absolute Gasteiger partial charge is 0.465 e. The third kappa shape index (κ3) is 2.96. The van der Waals surface area contributed by atoms with E-state index in [9.17, 15) is 31.1 Å². The highest BCUT2D eigenvalue weighted by Gasteiger charge is 2.80. The number of rotatable bonds is 1. The molecule has 3 nitrogen and oxygen atoms in total. The van der Waals surface area contributed by atoms with Crippen LogP contribution in [0, 0.1) is 5.41 Å². The number of carbonyl (C=O) groups excluding carboxylic acids is 1. The van der Waals surface area contributed by atoms with Gasteiger partial charge < -0.3 is 9.47 Å². The second-order valence-electron chi connectivity index (χ2n) is 5.40. The second kappa shape index (κ2) is 4.26. The van der Waals surface area contributed by atoms with Crippen LogP contribution in [0.1, 0.15) is 27.2 Å². The fourth-order valence-corrected chi connectivity index (χ4v) is 1.57. The van der Waals surface area contributed by atoms with Gasteiger partial charge in [-0.25, -0.2) is 4.79 Å². The second-order valence-corrected chi connectivity index (χ2v) is 5.40. The average Bonchev–Trinajstić information content (AvgIpc) is 2.39. The standard InChI is InChI=1S/C10H12F6O3/c1-7(2,3)4-5-6(17)19-8(18-5,9(11,12)13)10(14,15)16/h5H,4H2,1-3H3. The monoisotopic (exact) mass is 294 g/mol. The van der Waals surface area contributed by atoms with Crippen LogP contribution >= 0.6 is 0 Å². The van der Waals surface area contributed by atoms with Gasteiger partial charge in [0.2, 0.25) is 0 Å². The third-order valence-corrected chi connectivity index (χ3v) is 2.36. The average molecular weight is 294 g/mol. The Morgan fingerprint density at radius 3 is 1.74 bits per heavy atom. The first kappa shape index (κ1) is 16.1. The normalized spacial score (nSPS) is 24.5. The predicted octanol–water partition coefficient (Wildman–Crippen LogP) is 3.19. The van der Waals surface area contributed by atoms with Gasteiger partial charge in [-0.15, -0.1) is 0 Å². The Hall–Kier alpha value is -0.990. The first-order valence-electron chi connectivity index (χ1n) is 5.24. The van der Waals surface area contributed by atoms with Crippen molar-refractivity contribution >= 4 is 5.97 Å². The summed E-state index contributed by atoms with van der Waals surface area (Å²) in [6.45, 7) is 4.64. The number of hydrogen-bond acceptors (Lipinski definition) is 3. The molecule has 9 heteroatoms. The fraction of sp³-hybridized carbons (Fsp3) is 0.900. The van der Waals surface area contributed by atoms with Gasteiger partial charge in [0.1, 0.15) is 0 Å². The van der Waals surface area contributed by atoms with Gasteiger partial charge in [-0.05, 0) is 11.8 Å². The maximum atomic E-state index is 12.6. The molecule has 0 aromatic carbocycles. The summed E-state index contributed by atoms with van der Waals surface area (Å²) in [5.41, 5.74) is -0.697. The lowest BCUT2D eigenvalue weighted by atomic mass is 9.89. The maximum Gasteiger partial charge on any atom is 0.465 e. The molecular formula is C10H12F6O3. The van der Waals surface area contributed by atoms with E-state index in [0.29, 0.717) is 0 Å². The van der Waals surface area contributed by atoms with E-state index in [4.69, 9.17) is 0 Å². The smallest absolute Gasteiger partial charge is 0.414 e. The van der Waals surface area contributed by atoms with Gasteiger partial charge in [0.15, 0.2) is 6.10 Å². The van der Waals surface area contributed by atoms with Crippen LogP contribution in [0.2, 0.25) is 0 Å². The van der Waals surface area contributed by atoms with Gasteiger partial charge in [-0.1, -0.05) is 20.8 Å². The summed E-state index contributed by atoms with van der Waals surface area (Å²) in [4.78, 5) is 11.2. The topological polar surface area (TPSA) is 35.5 Å². The lowest BCUT2D eigenvalue weighted by Gasteiger charge is -2.30. The van der Waals surface area contributed by atoms with Crippen LogP contribution in [0.3, 0.4) is 0 Å². The first-order chi connectivity index (χ1) is 8.20. The number of ether oxygens (including phenoxy) is 2. The molecule has 1 atom stereocenters. The Labute approximate surface area is 104 Å². The van der Waals surface area contributed by atoms with Gasteiger partial charge in [0.05, 0.1) is 0 Å². The molecule has 0 radical (unpaired) electrons. The number of alkyl halides is 6. The Balaban J connectivity index is 3.11. The van der Waals surface area contributed by atoms with Crippen molar-refractivity contribution in [2.24, 2.45) is 5.41 Å². The van der Waals surface area contributed by atoms with Gasteiger partial charge in [-0.3, -0.25) is 0 Å². The zero-order valence-corrected chi connectivity index (χ0v) is 10.3. The van der Waals surface area contributed by atoms with E-state index < -0.39 is 35.6 Å². The Morgan fingerprint density at radius 2 is 1.47 bits per heavy atom. The van der Waals surface area contributed by atoms with Crippen LogP contribution in [0.15, 0.2) is 0 Å². The molecule has 0 spiro atoms. The van der Waals surface area contributed by atoms with Crippen molar-refractivity contribution in [3.05, 3.63) is 0 Å². The molecular weight excluding hydrogens is 282 g/mol. The summed E-state index contributed by atoms with van der Waals surface area (Å²) in [5.74, 6) is -6.53. The molecule has 19 heavy (non-hydrogen) atoms. The molecule has 0 bridgehead atoms. The van der Waals surface area contributed by atoms with Crippen molar-refractivity contribution < 1.29 is 40.6 Å². The van der Waals surface area contributed by atoms with E-state index in [2.05, 4.69) is 9.47 Å². The van der Waals surface area contributed by atoms with E-state index >= 15 is 0 Å². The van der Waals surface area contributed by atoms with E-state index in [1.807, 2.05) is 0 Å². The molecule has 1 heterocycles. The van der Waals surface area contributed by atoms with Crippen LogP contribution in [0.25, 0.3) is 0 Å². The van der Waals surface area contributed by atoms with Crippen molar-refractivity contribution in [2.45, 2.75) is 51.4 Å². The number of carbonyl (C=O) groups is 1. The highest BCUT2D eigenvalue weighted by atomic mass is 19.4. The molecule has 0 saturated carbocycles. The number of cyclic esters (lactones) is 1. The molecule has 1 unspecified atom stereocenters. The summed E-state index contributed by atoms with van der Waals surface area (Å²) in [5, 5.41) is 0. The molecule has 0 N–H and O–H groups in total. The van der Waals surface area contributed by atoms with Crippen LogP contribution in [0.4, 0.5) is 26.3 Å². The Morgan fingerprint density at radius 1 is 1.05 bits per heavy atom. The molecule has 112 valence electrons. The quantitative estimate of drug-likeness (QED) is 0.550. The number of esters is 1. The maximum absolute atomic E-state index is 12.6. The van der Waals surface area contributed by atoms with Crippen molar-refractivity contribution in [3.63, 3.8) is 0 Å². The molecule has 1 aliphatic rings. The van der Waals surface area contributed by atoms with E-state index in [1.54, 1.807) is 20.8 Å². The van der Waals surface area contributed by atoms with Gasteiger partial charge >= 0.3 is 24.1 Å². The molecule has 1 saturated heterocycles.